The van der Waals surface area contributed by atoms with Gasteiger partial charge in [0, 0.05) is 22.3 Å². The minimum atomic E-state index is -4.15. The molecule has 3 rings (SSSR count). The number of rotatable bonds is 2. The molecule has 0 atom stereocenters. The highest BCUT2D eigenvalue weighted by molar-refractivity contribution is 8.14. The third-order valence-electron chi connectivity index (χ3n) is 2.32. The Morgan fingerprint density at radius 2 is 2.06 bits per heavy atom. The fraction of sp³-hybridized carbons (Fsp3) is 0.125. The first-order chi connectivity index (χ1) is 7.73. The first kappa shape index (κ1) is 11.8. The minimum absolute atomic E-state index is 0.0667. The van der Waals surface area contributed by atoms with Crippen molar-refractivity contribution in [2.24, 2.45) is 0 Å². The van der Waals surface area contributed by atoms with Crippen LogP contribution in [0, 0.1) is 17.0 Å². The highest BCUT2D eigenvalue weighted by atomic mass is 35.7. The molecule has 7 nitrogen and oxygen atoms in total. The lowest BCUT2D eigenvalue weighted by atomic mass is 10.1. The van der Waals surface area contributed by atoms with E-state index in [9.17, 15) is 23.3 Å². The summed E-state index contributed by atoms with van der Waals surface area (Å²) in [5, 5.41) is 10.3. The summed E-state index contributed by atoms with van der Waals surface area (Å²) in [5.41, 5.74) is -1.86. The molecule has 0 aliphatic carbocycles. The largest absolute Gasteiger partial charge is 0.415 e. The fourth-order valence-electron chi connectivity index (χ4n) is 1.65. The van der Waals surface area contributed by atoms with E-state index >= 15 is 0 Å². The van der Waals surface area contributed by atoms with Crippen LogP contribution in [0.3, 0.4) is 0 Å². The van der Waals surface area contributed by atoms with Crippen LogP contribution >= 0.6 is 10.7 Å². The van der Waals surface area contributed by atoms with Crippen molar-refractivity contribution in [1.82, 2.24) is 0 Å². The standard InChI is InChI=1S/C8H4ClNO6S/c1-3-6-5(17(9,14)15)2-4(16-8(6)11)7(3)10(12)13/h2H,1H3. The van der Waals surface area contributed by atoms with Crippen molar-refractivity contribution in [3.63, 3.8) is 0 Å². The molecule has 0 spiro atoms. The summed E-state index contributed by atoms with van der Waals surface area (Å²) in [4.78, 5) is 20.9. The van der Waals surface area contributed by atoms with Crippen molar-refractivity contribution < 1.29 is 17.8 Å². The maximum absolute atomic E-state index is 11.4. The van der Waals surface area contributed by atoms with Crippen LogP contribution in [-0.4, -0.2) is 13.3 Å². The van der Waals surface area contributed by atoms with Gasteiger partial charge >= 0.3 is 11.3 Å². The van der Waals surface area contributed by atoms with Crippen molar-refractivity contribution >= 4 is 36.4 Å². The van der Waals surface area contributed by atoms with E-state index in [1.54, 1.807) is 0 Å². The van der Waals surface area contributed by atoms with Gasteiger partial charge < -0.3 is 4.42 Å². The molecule has 17 heavy (non-hydrogen) atoms. The Kier molecular flexibility index (Phi) is 2.37. The fourth-order valence-corrected chi connectivity index (χ4v) is 2.74. The Morgan fingerprint density at radius 3 is 2.47 bits per heavy atom. The van der Waals surface area contributed by atoms with E-state index in [0.29, 0.717) is 0 Å². The lowest BCUT2D eigenvalue weighted by molar-refractivity contribution is -0.384. The molecule has 90 valence electrons. The van der Waals surface area contributed by atoms with Crippen LogP contribution in [0.4, 0.5) is 5.69 Å². The maximum atomic E-state index is 11.4. The first-order valence-electron chi connectivity index (χ1n) is 4.22. The summed E-state index contributed by atoms with van der Waals surface area (Å²) in [5.74, 6) is 0. The van der Waals surface area contributed by atoms with Gasteiger partial charge in [-0.25, -0.2) is 13.2 Å². The molecule has 3 aromatic rings. The molecule has 0 aliphatic rings. The van der Waals surface area contributed by atoms with E-state index in [4.69, 9.17) is 10.7 Å². The number of halogens is 1. The van der Waals surface area contributed by atoms with E-state index in [2.05, 4.69) is 4.42 Å². The number of hydrogen-bond acceptors (Lipinski definition) is 6. The lowest BCUT2D eigenvalue weighted by Gasteiger charge is -2.07. The van der Waals surface area contributed by atoms with Crippen LogP contribution in [-0.2, 0) is 9.05 Å². The zero-order chi connectivity index (χ0) is 13.0. The van der Waals surface area contributed by atoms with Gasteiger partial charge in [-0.2, -0.15) is 0 Å². The van der Waals surface area contributed by atoms with Gasteiger partial charge in [0.05, 0.1) is 10.3 Å². The molecule has 2 aromatic heterocycles. The molecule has 0 unspecified atom stereocenters. The predicted molar refractivity (Wildman–Crippen MR) is 58.1 cm³/mol. The normalized spacial score (nSPS) is 12.1. The second-order valence-electron chi connectivity index (χ2n) is 3.31. The van der Waals surface area contributed by atoms with Gasteiger partial charge in [0.2, 0.25) is 5.58 Å². The van der Waals surface area contributed by atoms with Crippen LogP contribution in [0.2, 0.25) is 0 Å². The highest BCUT2D eigenvalue weighted by Gasteiger charge is 2.30. The summed E-state index contributed by atoms with van der Waals surface area (Å²) in [6, 6.07) is 0.879. The van der Waals surface area contributed by atoms with Gasteiger partial charge in [-0.1, -0.05) is 0 Å². The Balaban J connectivity index is 3.06. The molecule has 0 radical (unpaired) electrons. The zero-order valence-corrected chi connectivity index (χ0v) is 9.83. The third kappa shape index (κ3) is 1.65. The van der Waals surface area contributed by atoms with Crippen molar-refractivity contribution in [2.45, 2.75) is 11.8 Å². The van der Waals surface area contributed by atoms with Crippen molar-refractivity contribution in [1.29, 1.82) is 0 Å². The SMILES string of the molecule is Cc1c([N+](=O)[O-])c2cc(S(=O)(=O)Cl)c1c(=O)o2. The van der Waals surface area contributed by atoms with Crippen LogP contribution in [0.5, 0.6) is 0 Å². The number of fused-ring (bicyclic) bond motifs is 3. The summed E-state index contributed by atoms with van der Waals surface area (Å²) >= 11 is 0. The lowest BCUT2D eigenvalue weighted by Crippen LogP contribution is -2.11. The van der Waals surface area contributed by atoms with Gasteiger partial charge in [0.1, 0.15) is 4.90 Å². The molecule has 9 heteroatoms. The van der Waals surface area contributed by atoms with Gasteiger partial charge in [-0.3, -0.25) is 10.1 Å². The zero-order valence-electron chi connectivity index (χ0n) is 8.26. The van der Waals surface area contributed by atoms with E-state index in [0.717, 1.165) is 6.07 Å². The number of nitro groups is 1. The van der Waals surface area contributed by atoms with Crippen LogP contribution in [0.1, 0.15) is 5.56 Å². The van der Waals surface area contributed by atoms with Gasteiger partial charge in [-0.05, 0) is 6.92 Å². The molecule has 1 aromatic carbocycles. The third-order valence-corrected chi connectivity index (χ3v) is 3.67. The number of aryl methyl sites for hydroxylation is 1. The second-order valence-corrected chi connectivity index (χ2v) is 5.84. The molecule has 0 amide bonds. The second kappa shape index (κ2) is 3.41. The smallest absolute Gasteiger partial charge is 0.345 e. The molecular formula is C8H4ClNO6S. The summed E-state index contributed by atoms with van der Waals surface area (Å²) in [6.45, 7) is 1.27. The van der Waals surface area contributed by atoms with Gasteiger partial charge in [0.25, 0.3) is 9.05 Å². The van der Waals surface area contributed by atoms with E-state index in [-0.39, 0.29) is 10.9 Å². The van der Waals surface area contributed by atoms with Crippen LogP contribution in [0.15, 0.2) is 20.2 Å². The summed E-state index contributed by atoms with van der Waals surface area (Å²) in [6.07, 6.45) is 0. The van der Waals surface area contributed by atoms with Crippen LogP contribution in [0.25, 0.3) is 11.0 Å². The molecule has 2 bridgehead atoms. The molecule has 0 N–H and O–H groups in total. The van der Waals surface area contributed by atoms with Crippen molar-refractivity contribution in [2.75, 3.05) is 0 Å². The van der Waals surface area contributed by atoms with Crippen molar-refractivity contribution in [3.8, 4) is 0 Å². The Hall–Kier alpha value is -1.67. The van der Waals surface area contributed by atoms with E-state index < -0.39 is 35.8 Å². The minimum Gasteiger partial charge on any atom is -0.415 e. The van der Waals surface area contributed by atoms with Gasteiger partial charge in [0.15, 0.2) is 0 Å². The average molecular weight is 278 g/mol. The number of nitro benzene ring substituents is 1. The average Bonchev–Trinajstić information content (AvgIpc) is 2.14. The van der Waals surface area contributed by atoms with E-state index in [1.165, 1.54) is 6.92 Å². The van der Waals surface area contributed by atoms with Gasteiger partial charge in [-0.15, -0.1) is 0 Å². The number of nitrogens with zero attached hydrogens (tertiary/aromatic N) is 1. The first-order valence-corrected chi connectivity index (χ1v) is 6.53. The molecule has 0 saturated carbocycles. The van der Waals surface area contributed by atoms with Crippen LogP contribution < -0.4 is 5.63 Å². The Bertz CT molecular complexity index is 777. The maximum Gasteiger partial charge on any atom is 0.345 e. The quantitative estimate of drug-likeness (QED) is 0.466. The Labute approximate surface area is 98.5 Å². The summed E-state index contributed by atoms with van der Waals surface area (Å²) in [7, 11) is 0.980. The number of benzene rings is 1. The van der Waals surface area contributed by atoms with E-state index in [1.807, 2.05) is 0 Å². The molecular weight excluding hydrogens is 274 g/mol. The monoisotopic (exact) mass is 277 g/mol. The highest BCUT2D eigenvalue weighted by Crippen LogP contribution is 2.34. The summed E-state index contributed by atoms with van der Waals surface area (Å²) < 4.78 is 27.0. The molecule has 0 fully saturated rings. The predicted octanol–water partition coefficient (Wildman–Crippen LogP) is 1.37. The molecule has 0 saturated heterocycles. The molecule has 0 aliphatic heterocycles. The van der Waals surface area contributed by atoms with Crippen molar-refractivity contribution in [3.05, 3.63) is 32.2 Å². The molecule has 2 heterocycles. The number of hydrogen-bond donors (Lipinski definition) is 0. The topological polar surface area (TPSA) is 107 Å². The Morgan fingerprint density at radius 1 is 1.47 bits per heavy atom.